The number of nitrogens with one attached hydrogen (secondary N) is 2. The molecule has 19 heavy (non-hydrogen) atoms. The molecule has 2 aromatic heterocycles. The molecular weight excluding hydrogens is 276 g/mol. The number of hydrogen-bond acceptors (Lipinski definition) is 6. The lowest BCUT2D eigenvalue weighted by Crippen LogP contribution is -2.14. The minimum Gasteiger partial charge on any atom is -0.289 e. The number of carbonyl (C=O) groups excluding carboxylic acids is 1. The number of aromatic amines is 1. The monoisotopic (exact) mass is 282 g/mol. The summed E-state index contributed by atoms with van der Waals surface area (Å²) in [5.74, 6) is -0.121. The van der Waals surface area contributed by atoms with Crippen molar-refractivity contribution in [1.29, 1.82) is 0 Å². The first kappa shape index (κ1) is 12.9. The van der Waals surface area contributed by atoms with E-state index < -0.39 is 10.8 Å². The molecule has 98 valence electrons. The lowest BCUT2D eigenvalue weighted by atomic mass is 10.2. The molecule has 10 heteroatoms. The molecule has 0 aromatic carbocycles. The molecule has 0 aliphatic heterocycles. The Morgan fingerprint density at radius 2 is 2.32 bits per heavy atom. The minimum absolute atomic E-state index is 0.0464. The fourth-order valence-corrected chi connectivity index (χ4v) is 1.45. The van der Waals surface area contributed by atoms with Gasteiger partial charge in [0.25, 0.3) is 11.6 Å². The molecule has 0 radical (unpaired) electrons. The van der Waals surface area contributed by atoms with Gasteiger partial charge in [0.05, 0.1) is 10.5 Å². The summed E-state index contributed by atoms with van der Waals surface area (Å²) in [6, 6.07) is 1.03. The zero-order chi connectivity index (χ0) is 14.0. The summed E-state index contributed by atoms with van der Waals surface area (Å²) in [6.45, 7) is 1.66. The maximum absolute atomic E-state index is 11.9. The van der Waals surface area contributed by atoms with Crippen molar-refractivity contribution in [2.75, 3.05) is 5.32 Å². The standard InChI is InChI=1S/C9H7ClN6O3/c1-4-12-9(15-14-4)13-8(17)6-2-5(16(18)19)3-11-7(6)10/h2-3H,1H3,(H2,12,13,14,15,17). The van der Waals surface area contributed by atoms with Crippen LogP contribution in [0.1, 0.15) is 16.2 Å². The largest absolute Gasteiger partial charge is 0.289 e. The Kier molecular flexibility index (Phi) is 3.38. The molecule has 0 spiro atoms. The van der Waals surface area contributed by atoms with Crippen molar-refractivity contribution in [1.82, 2.24) is 20.2 Å². The van der Waals surface area contributed by atoms with Crippen LogP contribution in [0.2, 0.25) is 5.15 Å². The number of halogens is 1. The molecule has 2 aromatic rings. The second-order valence-corrected chi connectivity index (χ2v) is 3.85. The number of hydrogen-bond donors (Lipinski definition) is 2. The molecule has 0 aliphatic carbocycles. The summed E-state index contributed by atoms with van der Waals surface area (Å²) in [7, 11) is 0. The van der Waals surface area contributed by atoms with Gasteiger partial charge in [-0.05, 0) is 6.92 Å². The summed E-state index contributed by atoms with van der Waals surface area (Å²) in [5.41, 5.74) is -0.459. The van der Waals surface area contributed by atoms with E-state index in [0.29, 0.717) is 5.82 Å². The van der Waals surface area contributed by atoms with Gasteiger partial charge >= 0.3 is 0 Å². The Balaban J connectivity index is 2.27. The second kappa shape index (κ2) is 4.98. The van der Waals surface area contributed by atoms with Crippen molar-refractivity contribution in [3.8, 4) is 0 Å². The number of anilines is 1. The minimum atomic E-state index is -0.680. The number of amides is 1. The van der Waals surface area contributed by atoms with E-state index >= 15 is 0 Å². The topological polar surface area (TPSA) is 127 Å². The number of aryl methyl sites for hydroxylation is 1. The summed E-state index contributed by atoms with van der Waals surface area (Å²) < 4.78 is 0. The average Bonchev–Trinajstić information content (AvgIpc) is 2.74. The number of carbonyl (C=O) groups is 1. The quantitative estimate of drug-likeness (QED) is 0.496. The van der Waals surface area contributed by atoms with Gasteiger partial charge in [0.2, 0.25) is 5.95 Å². The zero-order valence-electron chi connectivity index (χ0n) is 9.55. The van der Waals surface area contributed by atoms with Crippen LogP contribution >= 0.6 is 11.6 Å². The second-order valence-electron chi connectivity index (χ2n) is 3.49. The Bertz CT molecular complexity index is 655. The predicted molar refractivity (Wildman–Crippen MR) is 65.0 cm³/mol. The van der Waals surface area contributed by atoms with E-state index in [-0.39, 0.29) is 22.4 Å². The number of aromatic nitrogens is 4. The highest BCUT2D eigenvalue weighted by molar-refractivity contribution is 6.33. The molecule has 0 aliphatic rings. The summed E-state index contributed by atoms with van der Waals surface area (Å²) in [5, 5.41) is 19.1. The molecule has 1 amide bonds. The average molecular weight is 283 g/mol. The Morgan fingerprint density at radius 1 is 1.58 bits per heavy atom. The van der Waals surface area contributed by atoms with Crippen molar-refractivity contribution in [3.63, 3.8) is 0 Å². The van der Waals surface area contributed by atoms with Crippen LogP contribution in [-0.4, -0.2) is 31.0 Å². The van der Waals surface area contributed by atoms with Crippen molar-refractivity contribution in [3.05, 3.63) is 38.9 Å². The van der Waals surface area contributed by atoms with Gasteiger partial charge in [0.1, 0.15) is 17.2 Å². The van der Waals surface area contributed by atoms with Gasteiger partial charge in [-0.25, -0.2) is 4.98 Å². The molecule has 2 heterocycles. The first-order valence-corrected chi connectivity index (χ1v) is 5.35. The maximum atomic E-state index is 11.9. The normalized spacial score (nSPS) is 10.2. The van der Waals surface area contributed by atoms with E-state index in [1.54, 1.807) is 6.92 Å². The van der Waals surface area contributed by atoms with E-state index in [0.717, 1.165) is 12.3 Å². The predicted octanol–water partition coefficient (Wildman–Crippen LogP) is 1.32. The fourth-order valence-electron chi connectivity index (χ4n) is 1.26. The van der Waals surface area contributed by atoms with E-state index in [4.69, 9.17) is 11.6 Å². The van der Waals surface area contributed by atoms with E-state index in [1.807, 2.05) is 0 Å². The van der Waals surface area contributed by atoms with Gasteiger partial charge in [-0.3, -0.25) is 25.3 Å². The molecule has 0 saturated carbocycles. The van der Waals surface area contributed by atoms with Crippen molar-refractivity contribution < 1.29 is 9.72 Å². The van der Waals surface area contributed by atoms with Crippen molar-refractivity contribution >= 4 is 29.1 Å². The van der Waals surface area contributed by atoms with Crippen LogP contribution in [-0.2, 0) is 0 Å². The molecule has 0 saturated heterocycles. The lowest BCUT2D eigenvalue weighted by Gasteiger charge is -2.02. The van der Waals surface area contributed by atoms with Gasteiger partial charge in [-0.15, -0.1) is 5.10 Å². The SMILES string of the molecule is Cc1nc(NC(=O)c2cc([N+](=O)[O-])cnc2Cl)n[nH]1. The maximum Gasteiger partial charge on any atom is 0.288 e. The molecule has 0 bridgehead atoms. The highest BCUT2D eigenvalue weighted by Gasteiger charge is 2.18. The first-order chi connectivity index (χ1) is 8.97. The van der Waals surface area contributed by atoms with E-state index in [2.05, 4.69) is 25.5 Å². The lowest BCUT2D eigenvalue weighted by molar-refractivity contribution is -0.385. The Morgan fingerprint density at radius 3 is 2.89 bits per heavy atom. The van der Waals surface area contributed by atoms with Crippen LogP contribution in [0.5, 0.6) is 0 Å². The highest BCUT2D eigenvalue weighted by Crippen LogP contribution is 2.19. The van der Waals surface area contributed by atoms with Crippen LogP contribution in [0.15, 0.2) is 12.3 Å². The van der Waals surface area contributed by atoms with Gasteiger partial charge < -0.3 is 0 Å². The summed E-state index contributed by atoms with van der Waals surface area (Å²) in [4.78, 5) is 29.3. The number of nitro groups is 1. The van der Waals surface area contributed by atoms with Gasteiger partial charge in [0, 0.05) is 6.07 Å². The van der Waals surface area contributed by atoms with Crippen LogP contribution < -0.4 is 5.32 Å². The van der Waals surface area contributed by atoms with Crippen LogP contribution in [0.25, 0.3) is 0 Å². The molecule has 2 N–H and O–H groups in total. The third-order valence-corrected chi connectivity index (χ3v) is 2.40. The third kappa shape index (κ3) is 2.83. The van der Waals surface area contributed by atoms with E-state index in [1.165, 1.54) is 0 Å². The first-order valence-electron chi connectivity index (χ1n) is 4.97. The smallest absolute Gasteiger partial charge is 0.288 e. The molecular formula is C9H7ClN6O3. The molecule has 0 atom stereocenters. The van der Waals surface area contributed by atoms with Gasteiger partial charge in [0.15, 0.2) is 0 Å². The molecule has 2 rings (SSSR count). The number of pyridine rings is 1. The molecule has 0 unspecified atom stereocenters. The van der Waals surface area contributed by atoms with Gasteiger partial charge in [-0.1, -0.05) is 11.6 Å². The molecule has 0 fully saturated rings. The number of rotatable bonds is 3. The third-order valence-electron chi connectivity index (χ3n) is 2.10. The van der Waals surface area contributed by atoms with Gasteiger partial charge in [-0.2, -0.15) is 4.98 Å². The van der Waals surface area contributed by atoms with E-state index in [9.17, 15) is 14.9 Å². The fraction of sp³-hybridized carbons (Fsp3) is 0.111. The number of H-pyrrole nitrogens is 1. The number of nitrogens with zero attached hydrogens (tertiary/aromatic N) is 4. The molecule has 9 nitrogen and oxygen atoms in total. The van der Waals surface area contributed by atoms with Crippen LogP contribution in [0, 0.1) is 17.0 Å². The highest BCUT2D eigenvalue weighted by atomic mass is 35.5. The van der Waals surface area contributed by atoms with Crippen molar-refractivity contribution in [2.24, 2.45) is 0 Å². The summed E-state index contributed by atoms with van der Waals surface area (Å²) >= 11 is 5.72. The van der Waals surface area contributed by atoms with Crippen LogP contribution in [0.4, 0.5) is 11.6 Å². The Hall–Kier alpha value is -2.55. The van der Waals surface area contributed by atoms with Crippen molar-refractivity contribution in [2.45, 2.75) is 6.92 Å². The summed E-state index contributed by atoms with van der Waals surface area (Å²) in [6.07, 6.45) is 0.968. The van der Waals surface area contributed by atoms with Crippen LogP contribution in [0.3, 0.4) is 0 Å². The Labute approximate surface area is 111 Å². The zero-order valence-corrected chi connectivity index (χ0v) is 10.3.